The third kappa shape index (κ3) is 4.52. The Morgan fingerprint density at radius 3 is 2.81 bits per heavy atom. The molecule has 1 aliphatic carbocycles. The topological polar surface area (TPSA) is 85.2 Å². The van der Waals surface area contributed by atoms with Gasteiger partial charge in [0.05, 0.1) is 25.2 Å². The maximum Gasteiger partial charge on any atom is 0.410 e. The van der Waals surface area contributed by atoms with Crippen LogP contribution in [0.1, 0.15) is 28.8 Å². The van der Waals surface area contributed by atoms with Crippen molar-refractivity contribution in [3.8, 4) is 0 Å². The quantitative estimate of drug-likeness (QED) is 0.620. The molecule has 1 aliphatic heterocycles. The molecule has 0 fully saturated rings. The van der Waals surface area contributed by atoms with Gasteiger partial charge in [-0.1, -0.05) is 24.3 Å². The summed E-state index contributed by atoms with van der Waals surface area (Å²) >= 11 is 0. The summed E-state index contributed by atoms with van der Waals surface area (Å²) in [6.07, 6.45) is 10.4. The van der Waals surface area contributed by atoms with Gasteiger partial charge in [-0.05, 0) is 30.4 Å². The molecule has 3 heterocycles. The maximum atomic E-state index is 12.4. The first-order valence-electron chi connectivity index (χ1n) is 10.8. The number of nitrogens with one attached hydrogen (secondary N) is 1. The van der Waals surface area contributed by atoms with Crippen molar-refractivity contribution in [3.63, 3.8) is 0 Å². The van der Waals surface area contributed by atoms with Gasteiger partial charge in [-0.15, -0.1) is 0 Å². The van der Waals surface area contributed by atoms with E-state index in [1.165, 1.54) is 11.1 Å². The lowest BCUT2D eigenvalue weighted by molar-refractivity contribution is 0.0954. The van der Waals surface area contributed by atoms with Crippen LogP contribution >= 0.6 is 0 Å². The normalized spacial score (nSPS) is 15.4. The lowest BCUT2D eigenvalue weighted by Crippen LogP contribution is -2.37. The zero-order valence-electron chi connectivity index (χ0n) is 17.4. The van der Waals surface area contributed by atoms with Crippen molar-refractivity contribution in [3.05, 3.63) is 71.6 Å². The van der Waals surface area contributed by atoms with Crippen LogP contribution in [-0.2, 0) is 37.1 Å². The van der Waals surface area contributed by atoms with Crippen LogP contribution in [-0.4, -0.2) is 49.7 Å². The molecule has 2 aliphatic rings. The van der Waals surface area contributed by atoms with Crippen molar-refractivity contribution in [2.75, 3.05) is 18.5 Å². The minimum Gasteiger partial charge on any atom is -0.449 e. The van der Waals surface area contributed by atoms with Crippen LogP contribution in [0.5, 0.6) is 0 Å². The number of aryl methyl sites for hydroxylation is 1. The van der Waals surface area contributed by atoms with Gasteiger partial charge in [-0.3, -0.25) is 0 Å². The molecule has 0 spiro atoms. The van der Waals surface area contributed by atoms with Gasteiger partial charge >= 0.3 is 6.09 Å². The first-order chi connectivity index (χ1) is 15.2. The van der Waals surface area contributed by atoms with E-state index in [0.29, 0.717) is 38.1 Å². The number of nitrogens with zero attached hydrogens (tertiary/aromatic N) is 5. The van der Waals surface area contributed by atoms with E-state index >= 15 is 0 Å². The summed E-state index contributed by atoms with van der Waals surface area (Å²) in [6.45, 7) is 2.28. The summed E-state index contributed by atoms with van der Waals surface area (Å²) in [4.78, 5) is 27.4. The molecule has 0 saturated heterocycles. The summed E-state index contributed by atoms with van der Waals surface area (Å²) < 4.78 is 7.41. The zero-order chi connectivity index (χ0) is 21.0. The molecule has 0 saturated carbocycles. The number of carbonyl (C=O) groups excluding carboxylic acids is 1. The highest BCUT2D eigenvalue weighted by atomic mass is 16.6. The van der Waals surface area contributed by atoms with Gasteiger partial charge in [0.2, 0.25) is 5.95 Å². The van der Waals surface area contributed by atoms with Gasteiger partial charge < -0.3 is 19.5 Å². The van der Waals surface area contributed by atoms with E-state index in [9.17, 15) is 4.79 Å². The molecular formula is C23H26N6O2. The van der Waals surface area contributed by atoms with Crippen molar-refractivity contribution in [1.29, 1.82) is 0 Å². The second kappa shape index (κ2) is 8.75. The summed E-state index contributed by atoms with van der Waals surface area (Å²) in [5.41, 5.74) is 4.80. The first-order valence-corrected chi connectivity index (χ1v) is 10.8. The fraction of sp³-hybridized carbons (Fsp3) is 0.391. The van der Waals surface area contributed by atoms with Crippen LogP contribution in [0.15, 0.2) is 49.2 Å². The number of anilines is 1. The highest BCUT2D eigenvalue weighted by Crippen LogP contribution is 2.24. The average molecular weight is 419 g/mol. The Kier molecular flexibility index (Phi) is 5.52. The minimum absolute atomic E-state index is 0.276. The van der Waals surface area contributed by atoms with Crippen molar-refractivity contribution in [2.24, 2.45) is 0 Å². The third-order valence-electron chi connectivity index (χ3n) is 5.92. The Balaban J connectivity index is 1.12. The number of hydrogen-bond donors (Lipinski definition) is 1. The summed E-state index contributed by atoms with van der Waals surface area (Å²) in [5, 5.41) is 3.48. The number of carbonyl (C=O) groups is 1. The van der Waals surface area contributed by atoms with E-state index < -0.39 is 0 Å². The van der Waals surface area contributed by atoms with Gasteiger partial charge in [0.1, 0.15) is 0 Å². The maximum absolute atomic E-state index is 12.4. The Hall–Kier alpha value is -3.42. The van der Waals surface area contributed by atoms with Gasteiger partial charge in [-0.25, -0.2) is 19.7 Å². The first kappa shape index (κ1) is 19.5. The monoisotopic (exact) mass is 418 g/mol. The fourth-order valence-electron chi connectivity index (χ4n) is 4.30. The van der Waals surface area contributed by atoms with Crippen LogP contribution in [0.25, 0.3) is 0 Å². The Morgan fingerprint density at radius 2 is 2.03 bits per heavy atom. The number of amides is 1. The molecule has 1 aromatic carbocycles. The summed E-state index contributed by atoms with van der Waals surface area (Å²) in [6, 6.07) is 8.89. The molecule has 1 amide bonds. The van der Waals surface area contributed by atoms with Crippen molar-refractivity contribution >= 4 is 12.0 Å². The number of fused-ring (bicyclic) bond motifs is 2. The van der Waals surface area contributed by atoms with Crippen LogP contribution in [0.2, 0.25) is 0 Å². The highest BCUT2D eigenvalue weighted by Gasteiger charge is 2.25. The standard InChI is InChI=1S/C23H26N6O2/c30-23(31-11-3-8-28-10-7-24-16-28)29-9-6-21-19(15-29)14-25-22(27-21)26-20-12-17-4-1-2-5-18(17)13-20/h1-2,4-5,7,10,14,16,20H,3,6,8-9,11-13,15H2,(H,25,26,27). The molecule has 0 atom stereocenters. The number of rotatable bonds is 6. The SMILES string of the molecule is O=C(OCCCn1ccnc1)N1CCc2nc(NC3Cc4ccccc4C3)ncc2C1. The predicted molar refractivity (Wildman–Crippen MR) is 116 cm³/mol. The Labute approximate surface area is 181 Å². The molecular weight excluding hydrogens is 392 g/mol. The third-order valence-corrected chi connectivity index (χ3v) is 5.92. The minimum atomic E-state index is -0.276. The van der Waals surface area contributed by atoms with Crippen LogP contribution in [0.3, 0.4) is 0 Å². The summed E-state index contributed by atoms with van der Waals surface area (Å²) in [7, 11) is 0. The Bertz CT molecular complexity index is 1030. The van der Waals surface area contributed by atoms with Crippen LogP contribution in [0.4, 0.5) is 10.7 Å². The molecule has 8 nitrogen and oxygen atoms in total. The smallest absolute Gasteiger partial charge is 0.410 e. The lowest BCUT2D eigenvalue weighted by atomic mass is 10.1. The molecule has 31 heavy (non-hydrogen) atoms. The molecule has 2 aromatic heterocycles. The highest BCUT2D eigenvalue weighted by molar-refractivity contribution is 5.68. The molecule has 0 radical (unpaired) electrons. The van der Waals surface area contributed by atoms with E-state index in [0.717, 1.165) is 37.1 Å². The summed E-state index contributed by atoms with van der Waals surface area (Å²) in [5.74, 6) is 0.673. The average Bonchev–Trinajstić information content (AvgIpc) is 3.45. The number of aromatic nitrogens is 4. The second-order valence-corrected chi connectivity index (χ2v) is 8.12. The molecule has 0 bridgehead atoms. The number of hydrogen-bond acceptors (Lipinski definition) is 6. The van der Waals surface area contributed by atoms with Crippen LogP contribution < -0.4 is 5.32 Å². The van der Waals surface area contributed by atoms with E-state index in [4.69, 9.17) is 9.72 Å². The van der Waals surface area contributed by atoms with Gasteiger partial charge in [0.25, 0.3) is 0 Å². The molecule has 8 heteroatoms. The number of imidazole rings is 1. The molecule has 5 rings (SSSR count). The number of benzene rings is 1. The van der Waals surface area contributed by atoms with Crippen molar-refractivity contribution in [1.82, 2.24) is 24.4 Å². The molecule has 1 N–H and O–H groups in total. The number of ether oxygens (including phenoxy) is 1. The molecule has 3 aromatic rings. The Morgan fingerprint density at radius 1 is 1.19 bits per heavy atom. The van der Waals surface area contributed by atoms with Gasteiger partial charge in [0.15, 0.2) is 0 Å². The van der Waals surface area contributed by atoms with Crippen molar-refractivity contribution < 1.29 is 9.53 Å². The molecule has 160 valence electrons. The second-order valence-electron chi connectivity index (χ2n) is 8.12. The van der Waals surface area contributed by atoms with Crippen LogP contribution in [0, 0.1) is 0 Å². The van der Waals surface area contributed by atoms with E-state index in [-0.39, 0.29) is 6.09 Å². The molecule has 0 unspecified atom stereocenters. The van der Waals surface area contributed by atoms with Gasteiger partial charge in [-0.2, -0.15) is 0 Å². The predicted octanol–water partition coefficient (Wildman–Crippen LogP) is 2.84. The van der Waals surface area contributed by atoms with Crippen molar-refractivity contribution in [2.45, 2.75) is 44.8 Å². The van der Waals surface area contributed by atoms with E-state index in [2.05, 4.69) is 39.6 Å². The van der Waals surface area contributed by atoms with Gasteiger partial charge in [0, 0.05) is 49.7 Å². The zero-order valence-corrected chi connectivity index (χ0v) is 17.4. The van der Waals surface area contributed by atoms with E-state index in [1.54, 1.807) is 17.4 Å². The fourth-order valence-corrected chi connectivity index (χ4v) is 4.30. The lowest BCUT2D eigenvalue weighted by Gasteiger charge is -2.27. The van der Waals surface area contributed by atoms with E-state index in [1.807, 2.05) is 17.0 Å². The largest absolute Gasteiger partial charge is 0.449 e.